The van der Waals surface area contributed by atoms with Gasteiger partial charge >= 0.3 is 0 Å². The summed E-state index contributed by atoms with van der Waals surface area (Å²) in [7, 11) is 0. The first-order valence-electron chi connectivity index (χ1n) is 10.5. The molecule has 1 aliphatic rings. The summed E-state index contributed by atoms with van der Waals surface area (Å²) in [5.74, 6) is 0.0960. The average Bonchev–Trinajstić information content (AvgIpc) is 3.41. The lowest BCUT2D eigenvalue weighted by atomic mass is 9.96. The number of aromatic amines is 1. The quantitative estimate of drug-likeness (QED) is 0.460. The molecule has 3 aromatic carbocycles. The van der Waals surface area contributed by atoms with Crippen molar-refractivity contribution in [2.24, 2.45) is 0 Å². The van der Waals surface area contributed by atoms with Crippen LogP contribution in [0, 0.1) is 0 Å². The van der Waals surface area contributed by atoms with E-state index in [2.05, 4.69) is 40.5 Å². The Labute approximate surface area is 179 Å². The Balaban J connectivity index is 1.27. The largest absolute Gasteiger partial charge is 0.334 e. The number of para-hydroxylation sites is 1. The van der Waals surface area contributed by atoms with Crippen molar-refractivity contribution in [1.29, 1.82) is 0 Å². The van der Waals surface area contributed by atoms with Gasteiger partial charge in [0.15, 0.2) is 0 Å². The summed E-state index contributed by atoms with van der Waals surface area (Å²) in [6.45, 7) is 1.29. The minimum absolute atomic E-state index is 0.0960. The van der Waals surface area contributed by atoms with Crippen molar-refractivity contribution in [2.45, 2.75) is 13.0 Å². The van der Waals surface area contributed by atoms with Crippen LogP contribution in [0.15, 0.2) is 79.0 Å². The zero-order valence-corrected chi connectivity index (χ0v) is 16.9. The van der Waals surface area contributed by atoms with Gasteiger partial charge in [-0.25, -0.2) is 0 Å². The van der Waals surface area contributed by atoms with Gasteiger partial charge in [-0.2, -0.15) is 5.10 Å². The molecule has 0 saturated carbocycles. The van der Waals surface area contributed by atoms with Gasteiger partial charge in [0, 0.05) is 36.0 Å². The molecule has 1 amide bonds. The monoisotopic (exact) mass is 404 g/mol. The number of nitrogens with zero attached hydrogens (tertiary/aromatic N) is 3. The highest BCUT2D eigenvalue weighted by atomic mass is 16.2. The molecule has 5 aromatic rings. The molecule has 150 valence electrons. The van der Waals surface area contributed by atoms with Crippen LogP contribution in [0.5, 0.6) is 0 Å². The van der Waals surface area contributed by atoms with Crippen LogP contribution in [0.3, 0.4) is 0 Å². The van der Waals surface area contributed by atoms with Crippen molar-refractivity contribution in [2.75, 3.05) is 6.54 Å². The third kappa shape index (κ3) is 3.06. The second-order valence-electron chi connectivity index (χ2n) is 7.98. The van der Waals surface area contributed by atoms with Crippen molar-refractivity contribution < 1.29 is 4.79 Å². The van der Waals surface area contributed by atoms with Crippen LogP contribution < -0.4 is 0 Å². The van der Waals surface area contributed by atoms with E-state index in [1.807, 2.05) is 53.6 Å². The second-order valence-corrected chi connectivity index (χ2v) is 7.98. The molecule has 0 atom stereocenters. The van der Waals surface area contributed by atoms with E-state index in [1.54, 1.807) is 0 Å². The van der Waals surface area contributed by atoms with Crippen LogP contribution in [-0.2, 0) is 13.0 Å². The van der Waals surface area contributed by atoms with Crippen LogP contribution in [-0.4, -0.2) is 32.5 Å². The number of amides is 1. The van der Waals surface area contributed by atoms with Crippen molar-refractivity contribution >= 4 is 27.7 Å². The van der Waals surface area contributed by atoms with E-state index >= 15 is 0 Å². The Morgan fingerprint density at radius 3 is 2.84 bits per heavy atom. The summed E-state index contributed by atoms with van der Waals surface area (Å²) in [6.07, 6.45) is 2.55. The number of nitrogens with one attached hydrogen (secondary N) is 1. The summed E-state index contributed by atoms with van der Waals surface area (Å²) < 4.78 is 0. The number of hydrogen-bond acceptors (Lipinski definition) is 3. The van der Waals surface area contributed by atoms with Gasteiger partial charge in [0.25, 0.3) is 5.91 Å². The standard InChI is InChI=1S/C26H20N4O/c31-26-25-19(5-3-6-22(25)18-9-11-24-20(14-18)15-27-29-24)16-30(26)13-12-21-10-8-17-4-1-2-7-23(17)28-21/h1-11,14-15H,12-13,16H2,(H,27,29). The van der Waals surface area contributed by atoms with E-state index in [0.29, 0.717) is 13.1 Å². The fourth-order valence-corrected chi connectivity index (χ4v) is 4.45. The molecule has 2 aromatic heterocycles. The van der Waals surface area contributed by atoms with Crippen molar-refractivity contribution in [3.8, 4) is 11.1 Å². The third-order valence-electron chi connectivity index (χ3n) is 6.06. The number of hydrogen-bond donors (Lipinski definition) is 1. The molecule has 31 heavy (non-hydrogen) atoms. The molecule has 0 saturated heterocycles. The Bertz CT molecular complexity index is 1450. The molecule has 0 fully saturated rings. The van der Waals surface area contributed by atoms with Gasteiger partial charge in [0.1, 0.15) is 0 Å². The highest BCUT2D eigenvalue weighted by molar-refractivity contribution is 6.05. The van der Waals surface area contributed by atoms with Gasteiger partial charge in [0.2, 0.25) is 0 Å². The molecule has 5 nitrogen and oxygen atoms in total. The normalized spacial score (nSPS) is 13.3. The second kappa shape index (κ2) is 7.06. The fraction of sp³-hybridized carbons (Fsp3) is 0.115. The van der Waals surface area contributed by atoms with E-state index in [4.69, 9.17) is 4.98 Å². The molecular weight excluding hydrogens is 384 g/mol. The number of rotatable bonds is 4. The lowest BCUT2D eigenvalue weighted by molar-refractivity contribution is 0.0780. The van der Waals surface area contributed by atoms with E-state index < -0.39 is 0 Å². The fourth-order valence-electron chi connectivity index (χ4n) is 4.45. The van der Waals surface area contributed by atoms with Gasteiger partial charge in [0.05, 0.1) is 22.8 Å². The number of carbonyl (C=O) groups is 1. The maximum absolute atomic E-state index is 13.3. The van der Waals surface area contributed by atoms with Crippen LogP contribution in [0.4, 0.5) is 0 Å². The maximum atomic E-state index is 13.3. The number of fused-ring (bicyclic) bond motifs is 3. The summed E-state index contributed by atoms with van der Waals surface area (Å²) in [6, 6.07) is 24.5. The molecule has 0 bridgehead atoms. The lowest BCUT2D eigenvalue weighted by Crippen LogP contribution is -2.26. The zero-order valence-electron chi connectivity index (χ0n) is 16.9. The summed E-state index contributed by atoms with van der Waals surface area (Å²) in [5, 5.41) is 9.26. The average molecular weight is 404 g/mol. The number of H-pyrrole nitrogens is 1. The van der Waals surface area contributed by atoms with Crippen LogP contribution in [0.25, 0.3) is 32.9 Å². The number of benzene rings is 3. The highest BCUT2D eigenvalue weighted by Crippen LogP contribution is 2.34. The lowest BCUT2D eigenvalue weighted by Gasteiger charge is -2.15. The Kier molecular flexibility index (Phi) is 4.06. The van der Waals surface area contributed by atoms with Gasteiger partial charge in [-0.3, -0.25) is 14.9 Å². The smallest absolute Gasteiger partial charge is 0.255 e. The van der Waals surface area contributed by atoms with Crippen LogP contribution in [0.1, 0.15) is 21.6 Å². The summed E-state index contributed by atoms with van der Waals surface area (Å²) in [4.78, 5) is 20.0. The summed E-state index contributed by atoms with van der Waals surface area (Å²) in [5.41, 5.74) is 6.92. The molecule has 3 heterocycles. The molecule has 1 aliphatic heterocycles. The Morgan fingerprint density at radius 1 is 0.935 bits per heavy atom. The topological polar surface area (TPSA) is 61.9 Å². The number of aromatic nitrogens is 3. The van der Waals surface area contributed by atoms with E-state index in [-0.39, 0.29) is 5.91 Å². The van der Waals surface area contributed by atoms with Crippen LogP contribution >= 0.6 is 0 Å². The van der Waals surface area contributed by atoms with Crippen molar-refractivity contribution in [1.82, 2.24) is 20.1 Å². The first-order valence-corrected chi connectivity index (χ1v) is 10.5. The highest BCUT2D eigenvalue weighted by Gasteiger charge is 2.30. The first-order chi connectivity index (χ1) is 15.3. The van der Waals surface area contributed by atoms with Crippen molar-refractivity contribution in [3.05, 3.63) is 95.8 Å². The molecule has 0 aliphatic carbocycles. The van der Waals surface area contributed by atoms with Gasteiger partial charge in [-0.05, 0) is 41.0 Å². The Morgan fingerprint density at radius 2 is 1.87 bits per heavy atom. The minimum Gasteiger partial charge on any atom is -0.334 e. The maximum Gasteiger partial charge on any atom is 0.255 e. The Hall–Kier alpha value is -3.99. The third-order valence-corrected chi connectivity index (χ3v) is 6.06. The van der Waals surface area contributed by atoms with E-state index in [0.717, 1.165) is 56.2 Å². The van der Waals surface area contributed by atoms with E-state index in [1.165, 1.54) is 0 Å². The van der Waals surface area contributed by atoms with E-state index in [9.17, 15) is 4.79 Å². The minimum atomic E-state index is 0.0960. The molecule has 6 rings (SSSR count). The molecular formula is C26H20N4O. The number of pyridine rings is 1. The molecule has 0 spiro atoms. The predicted octanol–water partition coefficient (Wildman–Crippen LogP) is 4.98. The van der Waals surface area contributed by atoms with Crippen molar-refractivity contribution in [3.63, 3.8) is 0 Å². The molecule has 0 unspecified atom stereocenters. The zero-order chi connectivity index (χ0) is 20.8. The molecule has 0 radical (unpaired) electrons. The van der Waals surface area contributed by atoms with Gasteiger partial charge < -0.3 is 4.90 Å². The van der Waals surface area contributed by atoms with Gasteiger partial charge in [-0.1, -0.05) is 48.5 Å². The number of carbonyl (C=O) groups excluding carboxylic acids is 1. The molecule has 5 heteroatoms. The van der Waals surface area contributed by atoms with Gasteiger partial charge in [-0.15, -0.1) is 0 Å². The first kappa shape index (κ1) is 17.8. The molecule has 1 N–H and O–H groups in total. The van der Waals surface area contributed by atoms with Crippen LogP contribution in [0.2, 0.25) is 0 Å². The summed E-state index contributed by atoms with van der Waals surface area (Å²) >= 11 is 0. The predicted molar refractivity (Wildman–Crippen MR) is 122 cm³/mol. The SMILES string of the molecule is O=C1c2c(cccc2-c2ccc3[nH]ncc3c2)CN1CCc1ccc2ccccc2n1.